The summed E-state index contributed by atoms with van der Waals surface area (Å²) in [6.07, 6.45) is 1.37. The Labute approximate surface area is 128 Å². The van der Waals surface area contributed by atoms with E-state index in [1.165, 1.54) is 4.90 Å². The predicted molar refractivity (Wildman–Crippen MR) is 75.0 cm³/mol. The van der Waals surface area contributed by atoms with Gasteiger partial charge in [-0.15, -0.1) is 0 Å². The van der Waals surface area contributed by atoms with Crippen LogP contribution in [0.3, 0.4) is 0 Å². The Hall–Kier alpha value is -1.89. The van der Waals surface area contributed by atoms with Crippen LogP contribution in [0.1, 0.15) is 34.1 Å². The molecular formula is C15H21NO6. The first-order valence-electron chi connectivity index (χ1n) is 7.20. The molecule has 1 fully saturated rings. The zero-order valence-corrected chi connectivity index (χ0v) is 13.2. The van der Waals surface area contributed by atoms with E-state index < -0.39 is 36.2 Å². The van der Waals surface area contributed by atoms with E-state index in [0.717, 1.165) is 0 Å². The lowest BCUT2D eigenvalue weighted by molar-refractivity contribution is -0.175. The number of esters is 2. The normalized spacial score (nSPS) is 25.0. The van der Waals surface area contributed by atoms with Gasteiger partial charge in [0.05, 0.1) is 23.5 Å². The van der Waals surface area contributed by atoms with Crippen LogP contribution in [0.15, 0.2) is 11.8 Å². The van der Waals surface area contributed by atoms with E-state index in [4.69, 9.17) is 9.47 Å². The van der Waals surface area contributed by atoms with Gasteiger partial charge in [-0.25, -0.2) is 4.79 Å². The molecule has 7 nitrogen and oxygen atoms in total. The van der Waals surface area contributed by atoms with Crippen molar-refractivity contribution in [3.05, 3.63) is 11.8 Å². The molecule has 1 N–H and O–H groups in total. The minimum absolute atomic E-state index is 0.152. The van der Waals surface area contributed by atoms with Crippen molar-refractivity contribution in [3.63, 3.8) is 0 Å². The van der Waals surface area contributed by atoms with Crippen molar-refractivity contribution in [1.29, 1.82) is 0 Å². The fourth-order valence-corrected chi connectivity index (χ4v) is 2.58. The Morgan fingerprint density at radius 3 is 2.59 bits per heavy atom. The van der Waals surface area contributed by atoms with Crippen molar-refractivity contribution in [2.24, 2.45) is 11.3 Å². The lowest BCUT2D eigenvalue weighted by atomic mass is 9.83. The predicted octanol–water partition coefficient (Wildman–Crippen LogP) is 0.572. The third-order valence-corrected chi connectivity index (χ3v) is 3.80. The average molecular weight is 311 g/mol. The van der Waals surface area contributed by atoms with Gasteiger partial charge in [-0.3, -0.25) is 9.59 Å². The van der Waals surface area contributed by atoms with Gasteiger partial charge < -0.3 is 19.5 Å². The van der Waals surface area contributed by atoms with Gasteiger partial charge in [0.1, 0.15) is 5.70 Å². The number of carbonyl (C=O) groups excluding carboxylic acids is 3. The van der Waals surface area contributed by atoms with E-state index in [9.17, 15) is 19.5 Å². The van der Waals surface area contributed by atoms with Gasteiger partial charge in [0.25, 0.3) is 0 Å². The number of hydrogen-bond donors (Lipinski definition) is 1. The van der Waals surface area contributed by atoms with Crippen LogP contribution in [0.2, 0.25) is 0 Å². The summed E-state index contributed by atoms with van der Waals surface area (Å²) in [5.74, 6) is -1.94. The third kappa shape index (κ3) is 2.85. The van der Waals surface area contributed by atoms with Crippen LogP contribution >= 0.6 is 0 Å². The van der Waals surface area contributed by atoms with Crippen LogP contribution in [0, 0.1) is 11.3 Å². The molecule has 3 atom stereocenters. The molecule has 0 aromatic heterocycles. The summed E-state index contributed by atoms with van der Waals surface area (Å²) < 4.78 is 9.73. The molecular weight excluding hydrogens is 290 g/mol. The van der Waals surface area contributed by atoms with Gasteiger partial charge in [-0.05, 0) is 34.1 Å². The molecule has 2 aliphatic rings. The van der Waals surface area contributed by atoms with Crippen LogP contribution in [-0.2, 0) is 23.9 Å². The lowest BCUT2D eigenvalue weighted by Gasteiger charge is -2.44. The zero-order chi connectivity index (χ0) is 16.7. The van der Waals surface area contributed by atoms with Gasteiger partial charge in [-0.1, -0.05) is 6.08 Å². The molecule has 22 heavy (non-hydrogen) atoms. The standard InChI is InChI=1S/C15H21NO6/c1-8(17)11-9-5-6-10(16(9)12(11)18)13(19)21-7-22-14(20)15(2,3)4/h6,8-9,11,17H,5,7H2,1-4H3. The highest BCUT2D eigenvalue weighted by molar-refractivity contribution is 5.99. The summed E-state index contributed by atoms with van der Waals surface area (Å²) in [6.45, 7) is 6.14. The lowest BCUT2D eigenvalue weighted by Crippen LogP contribution is -2.61. The Morgan fingerprint density at radius 1 is 1.41 bits per heavy atom. The molecule has 7 heteroatoms. The fourth-order valence-electron chi connectivity index (χ4n) is 2.58. The number of fused-ring (bicyclic) bond motifs is 1. The van der Waals surface area contributed by atoms with Gasteiger partial charge in [-0.2, -0.15) is 0 Å². The van der Waals surface area contributed by atoms with Crippen molar-refractivity contribution < 1.29 is 29.0 Å². The number of rotatable bonds is 4. The maximum atomic E-state index is 12.0. The number of aliphatic hydroxyl groups is 1. The third-order valence-electron chi connectivity index (χ3n) is 3.80. The Bertz CT molecular complexity index is 531. The zero-order valence-electron chi connectivity index (χ0n) is 13.2. The van der Waals surface area contributed by atoms with Crippen molar-refractivity contribution in [3.8, 4) is 0 Å². The van der Waals surface area contributed by atoms with Gasteiger partial charge in [0, 0.05) is 0 Å². The highest BCUT2D eigenvalue weighted by atomic mass is 16.7. The SMILES string of the molecule is CC(O)C1C(=O)N2C(C(=O)OCOC(=O)C(C)(C)C)=CCC12. The second kappa shape index (κ2) is 5.72. The monoisotopic (exact) mass is 311 g/mol. The fraction of sp³-hybridized carbons (Fsp3) is 0.667. The molecule has 2 rings (SSSR count). The first-order valence-corrected chi connectivity index (χ1v) is 7.20. The van der Waals surface area contributed by atoms with Crippen LogP contribution in [0.25, 0.3) is 0 Å². The molecule has 0 bridgehead atoms. The average Bonchev–Trinajstić information content (AvgIpc) is 2.75. The summed E-state index contributed by atoms with van der Waals surface area (Å²) in [4.78, 5) is 36.8. The minimum atomic E-state index is -0.745. The molecule has 0 spiro atoms. The Balaban J connectivity index is 1.85. The van der Waals surface area contributed by atoms with Crippen LogP contribution in [0.4, 0.5) is 0 Å². The second-order valence-electron chi connectivity index (χ2n) is 6.60. The van der Waals surface area contributed by atoms with E-state index in [0.29, 0.717) is 6.42 Å². The van der Waals surface area contributed by atoms with Crippen molar-refractivity contribution in [1.82, 2.24) is 4.90 Å². The van der Waals surface area contributed by atoms with Crippen molar-refractivity contribution in [2.75, 3.05) is 6.79 Å². The molecule has 3 unspecified atom stereocenters. The van der Waals surface area contributed by atoms with E-state index in [1.807, 2.05) is 0 Å². The van der Waals surface area contributed by atoms with Crippen LogP contribution < -0.4 is 0 Å². The van der Waals surface area contributed by atoms with Crippen LogP contribution in [-0.4, -0.2) is 46.8 Å². The molecule has 0 aromatic carbocycles. The highest BCUT2D eigenvalue weighted by Gasteiger charge is 2.54. The van der Waals surface area contributed by atoms with Crippen LogP contribution in [0.5, 0.6) is 0 Å². The number of hydrogen-bond acceptors (Lipinski definition) is 6. The smallest absolute Gasteiger partial charge is 0.357 e. The maximum absolute atomic E-state index is 12.0. The van der Waals surface area contributed by atoms with E-state index in [-0.39, 0.29) is 17.6 Å². The molecule has 0 saturated carbocycles. The molecule has 1 amide bonds. The summed E-state index contributed by atoms with van der Waals surface area (Å²) in [5, 5.41) is 9.55. The number of aliphatic hydroxyl groups excluding tert-OH is 1. The molecule has 0 aliphatic carbocycles. The number of β-lactam (4-membered cyclic amide) rings is 1. The van der Waals surface area contributed by atoms with Gasteiger partial charge in [0.2, 0.25) is 12.7 Å². The summed E-state index contributed by atoms with van der Waals surface area (Å²) >= 11 is 0. The largest absolute Gasteiger partial charge is 0.427 e. The van der Waals surface area contributed by atoms with Gasteiger partial charge >= 0.3 is 11.9 Å². The molecule has 1 saturated heterocycles. The van der Waals surface area contributed by atoms with Crippen molar-refractivity contribution >= 4 is 17.8 Å². The first-order chi connectivity index (χ1) is 10.1. The van der Waals surface area contributed by atoms with E-state index in [2.05, 4.69) is 0 Å². The first kappa shape index (κ1) is 16.5. The molecule has 0 aromatic rings. The molecule has 2 heterocycles. The molecule has 122 valence electrons. The Kier molecular flexibility index (Phi) is 4.28. The number of carbonyl (C=O) groups is 3. The summed E-state index contributed by atoms with van der Waals surface area (Å²) in [5.41, 5.74) is -0.527. The molecule has 0 radical (unpaired) electrons. The summed E-state index contributed by atoms with van der Waals surface area (Å²) in [6, 6.07) is -0.188. The number of nitrogens with zero attached hydrogens (tertiary/aromatic N) is 1. The topological polar surface area (TPSA) is 93.1 Å². The minimum Gasteiger partial charge on any atom is -0.427 e. The number of ether oxygens (including phenoxy) is 2. The van der Waals surface area contributed by atoms with E-state index >= 15 is 0 Å². The molecule has 2 aliphatic heterocycles. The van der Waals surface area contributed by atoms with Gasteiger partial charge in [0.15, 0.2) is 0 Å². The van der Waals surface area contributed by atoms with Crippen molar-refractivity contribution in [2.45, 2.75) is 46.3 Å². The second-order valence-corrected chi connectivity index (χ2v) is 6.60. The quantitative estimate of drug-likeness (QED) is 0.463. The maximum Gasteiger partial charge on any atom is 0.357 e. The van der Waals surface area contributed by atoms with E-state index in [1.54, 1.807) is 33.8 Å². The Morgan fingerprint density at radius 2 is 2.05 bits per heavy atom. The highest BCUT2D eigenvalue weighted by Crippen LogP contribution is 2.40. The number of amides is 1. The summed E-state index contributed by atoms with van der Waals surface area (Å²) in [7, 11) is 0.